The summed E-state index contributed by atoms with van der Waals surface area (Å²) < 4.78 is 27.8. The largest absolute Gasteiger partial charge is 0.497 e. The Kier molecular flexibility index (Phi) is 5.84. The topological polar surface area (TPSA) is 109 Å². The lowest BCUT2D eigenvalue weighted by molar-refractivity contribution is 0.415. The zero-order valence-corrected chi connectivity index (χ0v) is 16.7. The van der Waals surface area contributed by atoms with Gasteiger partial charge in [-0.1, -0.05) is 36.4 Å². The minimum absolute atomic E-state index is 0.0550. The van der Waals surface area contributed by atoms with Crippen LogP contribution in [0.2, 0.25) is 0 Å². The third-order valence-electron chi connectivity index (χ3n) is 4.13. The van der Waals surface area contributed by atoms with Crippen LogP contribution in [0, 0.1) is 0 Å². The number of H-pyrrole nitrogens is 2. The lowest BCUT2D eigenvalue weighted by Crippen LogP contribution is -2.46. The van der Waals surface area contributed by atoms with Gasteiger partial charge in [0.1, 0.15) is 16.4 Å². The third kappa shape index (κ3) is 5.55. The molecule has 0 aliphatic heterocycles. The first-order chi connectivity index (χ1) is 13.7. The summed E-state index contributed by atoms with van der Waals surface area (Å²) in [4.78, 5) is 29.9. The molecule has 3 rings (SSSR count). The summed E-state index contributed by atoms with van der Waals surface area (Å²) >= 11 is 0. The molecule has 0 saturated carbocycles. The van der Waals surface area contributed by atoms with Crippen molar-refractivity contribution in [3.8, 4) is 5.75 Å². The molecular formula is C21H20N2O5S. The molecule has 1 heterocycles. The van der Waals surface area contributed by atoms with E-state index < -0.39 is 21.0 Å². The van der Waals surface area contributed by atoms with Crippen molar-refractivity contribution >= 4 is 22.0 Å². The fourth-order valence-corrected chi connectivity index (χ4v) is 3.54. The quantitative estimate of drug-likeness (QED) is 0.625. The van der Waals surface area contributed by atoms with Crippen molar-refractivity contribution in [3.63, 3.8) is 0 Å². The number of methoxy groups -OCH3 is 1. The predicted octanol–water partition coefficient (Wildman–Crippen LogP) is 0.274. The van der Waals surface area contributed by atoms with E-state index in [1.807, 2.05) is 0 Å². The molecule has 1 aromatic heterocycles. The molecular weight excluding hydrogens is 392 g/mol. The number of aromatic nitrogens is 2. The lowest BCUT2D eigenvalue weighted by atomic mass is 10.1. The molecule has 0 fully saturated rings. The molecule has 3 aromatic rings. The number of sulfone groups is 1. The molecule has 0 aliphatic rings. The van der Waals surface area contributed by atoms with Gasteiger partial charge >= 0.3 is 0 Å². The Balaban J connectivity index is 1.95. The van der Waals surface area contributed by atoms with Gasteiger partial charge in [0, 0.05) is 6.26 Å². The minimum Gasteiger partial charge on any atom is -0.497 e. The molecule has 0 spiro atoms. The van der Waals surface area contributed by atoms with Crippen LogP contribution in [0.1, 0.15) is 16.7 Å². The number of nitrogens with one attached hydrogen (secondary N) is 2. The van der Waals surface area contributed by atoms with Crippen molar-refractivity contribution in [2.24, 2.45) is 0 Å². The van der Waals surface area contributed by atoms with Crippen LogP contribution in [0.4, 0.5) is 0 Å². The summed E-state index contributed by atoms with van der Waals surface area (Å²) in [5.41, 5.74) is 1.18. The first kappa shape index (κ1) is 20.3. The van der Waals surface area contributed by atoms with Crippen LogP contribution in [0.15, 0.2) is 58.1 Å². The highest BCUT2D eigenvalue weighted by Gasteiger charge is 2.04. The van der Waals surface area contributed by atoms with Gasteiger partial charge in [-0.15, -0.1) is 0 Å². The van der Waals surface area contributed by atoms with Gasteiger partial charge in [-0.2, -0.15) is 0 Å². The van der Waals surface area contributed by atoms with Gasteiger partial charge in [0.15, 0.2) is 9.84 Å². The van der Waals surface area contributed by atoms with E-state index >= 15 is 0 Å². The first-order valence-electron chi connectivity index (χ1n) is 8.70. The average Bonchev–Trinajstić information content (AvgIpc) is 2.66. The summed E-state index contributed by atoms with van der Waals surface area (Å²) in [7, 11) is -1.55. The van der Waals surface area contributed by atoms with Crippen molar-refractivity contribution in [1.29, 1.82) is 0 Å². The fourth-order valence-electron chi connectivity index (χ4n) is 2.74. The van der Waals surface area contributed by atoms with E-state index in [1.54, 1.807) is 61.7 Å². The first-order valence-corrected chi connectivity index (χ1v) is 10.8. The van der Waals surface area contributed by atoms with E-state index in [0.29, 0.717) is 16.9 Å². The SMILES string of the molecule is COc1ccc(/C=c2\[nH]c(=O)/c(=C/c3ccc(CS(C)(=O)=O)cc3)[nH]c2=O)cc1. The van der Waals surface area contributed by atoms with E-state index in [0.717, 1.165) is 5.56 Å². The zero-order chi connectivity index (χ0) is 21.0. The molecule has 150 valence electrons. The number of rotatable bonds is 5. The summed E-state index contributed by atoms with van der Waals surface area (Å²) in [5, 5.41) is 0.249. The molecule has 2 N–H and O–H groups in total. The Bertz CT molecular complexity index is 1350. The van der Waals surface area contributed by atoms with Crippen molar-refractivity contribution in [3.05, 3.63) is 96.6 Å². The lowest BCUT2D eigenvalue weighted by Gasteiger charge is -2.00. The standard InChI is InChI=1S/C21H20N2O5S/c1-28-17-9-7-15(8-10-17)12-19-21(25)22-18(20(24)23-19)11-14-3-5-16(6-4-14)13-29(2,26)27/h3-12H,13H2,1-2H3,(H,22,25)(H,23,24)/b18-11-,19-12-. The van der Waals surface area contributed by atoms with Crippen LogP contribution in [-0.4, -0.2) is 31.8 Å². The highest BCUT2D eigenvalue weighted by atomic mass is 32.2. The second kappa shape index (κ2) is 8.32. The van der Waals surface area contributed by atoms with E-state index in [4.69, 9.17) is 4.74 Å². The van der Waals surface area contributed by atoms with Gasteiger partial charge in [-0.3, -0.25) is 9.59 Å². The molecule has 8 heteroatoms. The number of hydrogen-bond donors (Lipinski definition) is 2. The van der Waals surface area contributed by atoms with Crippen LogP contribution in [0.3, 0.4) is 0 Å². The number of benzene rings is 2. The molecule has 0 unspecified atom stereocenters. The van der Waals surface area contributed by atoms with E-state index in [1.165, 1.54) is 12.3 Å². The number of ether oxygens (including phenoxy) is 1. The van der Waals surface area contributed by atoms with E-state index in [2.05, 4.69) is 9.97 Å². The van der Waals surface area contributed by atoms with Gasteiger partial charge in [0.05, 0.1) is 12.9 Å². The fraction of sp³-hybridized carbons (Fsp3) is 0.143. The molecule has 7 nitrogen and oxygen atoms in total. The molecule has 2 aromatic carbocycles. The predicted molar refractivity (Wildman–Crippen MR) is 112 cm³/mol. The zero-order valence-electron chi connectivity index (χ0n) is 15.9. The maximum Gasteiger partial charge on any atom is 0.272 e. The van der Waals surface area contributed by atoms with E-state index in [9.17, 15) is 18.0 Å². The third-order valence-corrected chi connectivity index (χ3v) is 4.99. The second-order valence-electron chi connectivity index (χ2n) is 6.61. The molecule has 0 saturated heterocycles. The molecule has 0 atom stereocenters. The van der Waals surface area contributed by atoms with Crippen molar-refractivity contribution in [1.82, 2.24) is 9.97 Å². The Morgan fingerprint density at radius 2 is 1.28 bits per heavy atom. The molecule has 0 amide bonds. The highest BCUT2D eigenvalue weighted by Crippen LogP contribution is 2.11. The summed E-state index contributed by atoms with van der Waals surface area (Å²) in [5.74, 6) is 0.637. The maximum atomic E-state index is 12.4. The van der Waals surface area contributed by atoms with Crippen molar-refractivity contribution in [2.75, 3.05) is 13.4 Å². The van der Waals surface area contributed by atoms with Gasteiger partial charge in [0.25, 0.3) is 11.1 Å². The summed E-state index contributed by atoms with van der Waals surface area (Å²) in [6, 6.07) is 13.8. The Morgan fingerprint density at radius 3 is 1.69 bits per heavy atom. The Hall–Kier alpha value is -3.39. The van der Waals surface area contributed by atoms with Gasteiger partial charge in [0.2, 0.25) is 0 Å². The van der Waals surface area contributed by atoms with Crippen LogP contribution < -0.4 is 26.6 Å². The van der Waals surface area contributed by atoms with Gasteiger partial charge in [-0.05, 0) is 41.0 Å². The monoisotopic (exact) mass is 412 g/mol. The van der Waals surface area contributed by atoms with Crippen LogP contribution in [0.25, 0.3) is 12.2 Å². The Morgan fingerprint density at radius 1 is 0.828 bits per heavy atom. The summed E-state index contributed by atoms with van der Waals surface area (Å²) in [6.07, 6.45) is 4.27. The normalized spacial score (nSPS) is 12.9. The highest BCUT2D eigenvalue weighted by molar-refractivity contribution is 7.89. The molecule has 29 heavy (non-hydrogen) atoms. The summed E-state index contributed by atoms with van der Waals surface area (Å²) in [6.45, 7) is 0. The van der Waals surface area contributed by atoms with Crippen molar-refractivity contribution < 1.29 is 13.2 Å². The van der Waals surface area contributed by atoms with Gasteiger partial charge < -0.3 is 14.7 Å². The molecule has 0 aliphatic carbocycles. The number of aromatic amines is 2. The average molecular weight is 412 g/mol. The smallest absolute Gasteiger partial charge is 0.272 e. The van der Waals surface area contributed by atoms with Crippen LogP contribution in [0.5, 0.6) is 5.75 Å². The maximum absolute atomic E-state index is 12.4. The van der Waals surface area contributed by atoms with E-state index in [-0.39, 0.29) is 16.5 Å². The number of hydrogen-bond acceptors (Lipinski definition) is 5. The molecule has 0 radical (unpaired) electrons. The Labute approximate surface area is 166 Å². The second-order valence-corrected chi connectivity index (χ2v) is 8.75. The molecule has 0 bridgehead atoms. The van der Waals surface area contributed by atoms with Gasteiger partial charge in [-0.25, -0.2) is 8.42 Å². The minimum atomic E-state index is -3.12. The van der Waals surface area contributed by atoms with Crippen LogP contribution in [-0.2, 0) is 15.6 Å². The van der Waals surface area contributed by atoms with Crippen molar-refractivity contribution in [2.45, 2.75) is 5.75 Å². The van der Waals surface area contributed by atoms with Crippen LogP contribution >= 0.6 is 0 Å².